The molecule has 16 heavy (non-hydrogen) atoms. The lowest BCUT2D eigenvalue weighted by Gasteiger charge is -2.39. The van der Waals surface area contributed by atoms with E-state index in [2.05, 4.69) is 4.99 Å². The lowest BCUT2D eigenvalue weighted by Crippen LogP contribution is -2.44. The predicted octanol–water partition coefficient (Wildman–Crippen LogP) is 1.96. The minimum atomic E-state index is -0.853. The van der Waals surface area contributed by atoms with Gasteiger partial charge in [0.25, 0.3) is 0 Å². The maximum atomic E-state index is 10.7. The summed E-state index contributed by atoms with van der Waals surface area (Å²) < 4.78 is 5.54. The zero-order valence-electron chi connectivity index (χ0n) is 9.31. The first kappa shape index (κ1) is 9.85. The lowest BCUT2D eigenvalue weighted by molar-refractivity contribution is 0.0511. The van der Waals surface area contributed by atoms with Crippen LogP contribution in [0.3, 0.4) is 0 Å². The van der Waals surface area contributed by atoms with Gasteiger partial charge in [0.05, 0.1) is 18.2 Å². The van der Waals surface area contributed by atoms with E-state index >= 15 is 0 Å². The second kappa shape index (κ2) is 3.32. The third-order valence-electron chi connectivity index (χ3n) is 3.52. The predicted molar refractivity (Wildman–Crippen MR) is 62.0 cm³/mol. The molecule has 0 spiro atoms. The van der Waals surface area contributed by atoms with Crippen molar-refractivity contribution in [2.75, 3.05) is 6.61 Å². The lowest BCUT2D eigenvalue weighted by atomic mass is 9.74. The largest absolute Gasteiger partial charge is 0.478 e. The van der Waals surface area contributed by atoms with Crippen LogP contribution in [0.2, 0.25) is 0 Å². The number of fused-ring (bicyclic) bond motifs is 1. The van der Waals surface area contributed by atoms with Crippen molar-refractivity contribution in [1.82, 2.24) is 0 Å². The van der Waals surface area contributed by atoms with Crippen LogP contribution in [0.5, 0.6) is 0 Å². The van der Waals surface area contributed by atoms with Crippen LogP contribution in [-0.2, 0) is 4.74 Å². The van der Waals surface area contributed by atoms with Crippen LogP contribution < -0.4 is 0 Å². The fraction of sp³-hybridized carbons (Fsp3) is 0.462. The Hall–Kier alpha value is -1.35. The summed E-state index contributed by atoms with van der Waals surface area (Å²) in [4.78, 5) is 4.50. The van der Waals surface area contributed by atoms with E-state index in [1.165, 1.54) is 0 Å². The normalized spacial score (nSPS) is 36.4. The molecule has 84 valence electrons. The first-order chi connectivity index (χ1) is 7.69. The van der Waals surface area contributed by atoms with Crippen molar-refractivity contribution >= 4 is 5.71 Å². The van der Waals surface area contributed by atoms with Gasteiger partial charge in [-0.05, 0) is 25.8 Å². The Labute approximate surface area is 94.8 Å². The zero-order chi connectivity index (χ0) is 11.2. The van der Waals surface area contributed by atoms with E-state index < -0.39 is 5.60 Å². The molecule has 2 unspecified atom stereocenters. The molecule has 3 rings (SSSR count). The average molecular weight is 217 g/mol. The molecule has 0 saturated heterocycles. The first-order valence-electron chi connectivity index (χ1n) is 5.72. The number of allylic oxidation sites excluding steroid dienone is 3. The zero-order valence-corrected chi connectivity index (χ0v) is 9.31. The molecule has 0 amide bonds. The Morgan fingerprint density at radius 2 is 2.38 bits per heavy atom. The van der Waals surface area contributed by atoms with E-state index in [0.29, 0.717) is 12.5 Å². The van der Waals surface area contributed by atoms with E-state index in [-0.39, 0.29) is 5.92 Å². The van der Waals surface area contributed by atoms with Gasteiger partial charge in [0, 0.05) is 5.57 Å². The van der Waals surface area contributed by atoms with Gasteiger partial charge in [0.1, 0.15) is 5.60 Å². The summed E-state index contributed by atoms with van der Waals surface area (Å²) in [5.41, 5.74) is 0.995. The Bertz CT molecular complexity index is 441. The van der Waals surface area contributed by atoms with Crippen molar-refractivity contribution in [1.29, 1.82) is 0 Å². The minimum Gasteiger partial charge on any atom is -0.478 e. The minimum absolute atomic E-state index is 0.0297. The van der Waals surface area contributed by atoms with Crippen LogP contribution in [-0.4, -0.2) is 23.0 Å². The first-order valence-corrected chi connectivity index (χ1v) is 5.72. The number of aliphatic hydroxyl groups is 1. The molecule has 0 aromatic heterocycles. The molecule has 0 fully saturated rings. The molecule has 2 heterocycles. The topological polar surface area (TPSA) is 41.8 Å². The fourth-order valence-corrected chi connectivity index (χ4v) is 2.60. The molecular formula is C13H15NO2. The highest BCUT2D eigenvalue weighted by atomic mass is 16.5. The van der Waals surface area contributed by atoms with E-state index in [9.17, 15) is 5.11 Å². The van der Waals surface area contributed by atoms with E-state index in [1.54, 1.807) is 0 Å². The van der Waals surface area contributed by atoms with Crippen LogP contribution in [0, 0.1) is 5.92 Å². The third-order valence-corrected chi connectivity index (χ3v) is 3.52. The van der Waals surface area contributed by atoms with Crippen LogP contribution in [0.15, 0.2) is 40.8 Å². The van der Waals surface area contributed by atoms with Crippen molar-refractivity contribution in [3.05, 3.63) is 35.8 Å². The molecule has 1 aliphatic carbocycles. The monoisotopic (exact) mass is 217 g/mol. The molecule has 3 nitrogen and oxygen atoms in total. The maximum absolute atomic E-state index is 10.7. The van der Waals surface area contributed by atoms with Gasteiger partial charge in [-0.25, -0.2) is 4.99 Å². The molecule has 2 atom stereocenters. The maximum Gasteiger partial charge on any atom is 0.215 e. The van der Waals surface area contributed by atoms with Crippen molar-refractivity contribution in [2.24, 2.45) is 10.9 Å². The van der Waals surface area contributed by atoms with Gasteiger partial charge in [-0.15, -0.1) is 0 Å². The average Bonchev–Trinajstić information content (AvgIpc) is 2.29. The molecule has 0 bridgehead atoms. The Balaban J connectivity index is 2.12. The SMILES string of the molecule is CC1(O)C2=C(N=C3C=CC=CC31)OCCC2. The highest BCUT2D eigenvalue weighted by Gasteiger charge is 2.43. The number of hydrogen-bond donors (Lipinski definition) is 1. The van der Waals surface area contributed by atoms with Gasteiger partial charge in [-0.1, -0.05) is 18.2 Å². The van der Waals surface area contributed by atoms with Crippen molar-refractivity contribution < 1.29 is 9.84 Å². The van der Waals surface area contributed by atoms with Crippen molar-refractivity contribution in [3.63, 3.8) is 0 Å². The Kier molecular flexibility index (Phi) is 2.04. The smallest absolute Gasteiger partial charge is 0.215 e. The van der Waals surface area contributed by atoms with Crippen LogP contribution >= 0.6 is 0 Å². The summed E-state index contributed by atoms with van der Waals surface area (Å²) in [6.45, 7) is 2.57. The third kappa shape index (κ3) is 1.28. The Morgan fingerprint density at radius 1 is 1.50 bits per heavy atom. The molecule has 3 aliphatic rings. The molecule has 0 saturated carbocycles. The van der Waals surface area contributed by atoms with Gasteiger partial charge in [0.15, 0.2) is 0 Å². The summed E-state index contributed by atoms with van der Waals surface area (Å²) in [6, 6.07) is 0. The van der Waals surface area contributed by atoms with Gasteiger partial charge in [-0.3, -0.25) is 0 Å². The standard InChI is InChI=1S/C13H15NO2/c1-13(15)9-5-2-3-7-11(9)14-12-10(13)6-4-8-16-12/h2-3,5,7,9,15H,4,6,8H2,1H3. The molecule has 2 aliphatic heterocycles. The molecule has 3 heteroatoms. The highest BCUT2D eigenvalue weighted by Crippen LogP contribution is 2.40. The van der Waals surface area contributed by atoms with Crippen LogP contribution in [0.1, 0.15) is 19.8 Å². The van der Waals surface area contributed by atoms with Gasteiger partial charge in [-0.2, -0.15) is 0 Å². The number of ether oxygens (including phenoxy) is 1. The number of nitrogens with zero attached hydrogens (tertiary/aromatic N) is 1. The molecule has 1 N–H and O–H groups in total. The highest BCUT2D eigenvalue weighted by molar-refractivity contribution is 6.01. The van der Waals surface area contributed by atoms with E-state index in [1.807, 2.05) is 31.2 Å². The molecular weight excluding hydrogens is 202 g/mol. The molecule has 0 aromatic carbocycles. The number of rotatable bonds is 0. The van der Waals surface area contributed by atoms with Gasteiger partial charge in [0.2, 0.25) is 5.88 Å². The number of aliphatic imine (C=N–C) groups is 1. The number of hydrogen-bond acceptors (Lipinski definition) is 3. The molecule has 0 radical (unpaired) electrons. The van der Waals surface area contributed by atoms with E-state index in [0.717, 1.165) is 24.1 Å². The van der Waals surface area contributed by atoms with Crippen LogP contribution in [0.25, 0.3) is 0 Å². The Morgan fingerprint density at radius 3 is 3.25 bits per heavy atom. The van der Waals surface area contributed by atoms with Crippen molar-refractivity contribution in [2.45, 2.75) is 25.4 Å². The van der Waals surface area contributed by atoms with Crippen molar-refractivity contribution in [3.8, 4) is 0 Å². The summed E-state index contributed by atoms with van der Waals surface area (Å²) >= 11 is 0. The van der Waals surface area contributed by atoms with E-state index in [4.69, 9.17) is 4.74 Å². The quantitative estimate of drug-likeness (QED) is 0.674. The summed E-state index contributed by atoms with van der Waals surface area (Å²) in [5.74, 6) is 0.611. The molecule has 0 aromatic rings. The summed E-state index contributed by atoms with van der Waals surface area (Å²) in [6.07, 6.45) is 9.71. The summed E-state index contributed by atoms with van der Waals surface area (Å²) in [7, 11) is 0. The van der Waals surface area contributed by atoms with Gasteiger partial charge >= 0.3 is 0 Å². The second-order valence-electron chi connectivity index (χ2n) is 4.64. The van der Waals surface area contributed by atoms with Crippen LogP contribution in [0.4, 0.5) is 0 Å². The fourth-order valence-electron chi connectivity index (χ4n) is 2.60. The van der Waals surface area contributed by atoms with Gasteiger partial charge < -0.3 is 9.84 Å². The second-order valence-corrected chi connectivity index (χ2v) is 4.64. The summed E-state index contributed by atoms with van der Waals surface area (Å²) in [5, 5.41) is 10.7.